The summed E-state index contributed by atoms with van der Waals surface area (Å²) < 4.78 is 5.34. The van der Waals surface area contributed by atoms with Crippen LogP contribution in [-0.4, -0.2) is 99.7 Å². The zero-order valence-corrected chi connectivity index (χ0v) is 16.2. The van der Waals surface area contributed by atoms with Gasteiger partial charge in [0.2, 0.25) is 0 Å². The number of carbonyl (C=O) groups excluding carboxylic acids is 3. The maximum atomic E-state index is 12.8. The molecule has 0 aliphatic carbocycles. The van der Waals surface area contributed by atoms with Gasteiger partial charge in [0, 0.05) is 39.8 Å². The highest BCUT2D eigenvalue weighted by Crippen LogP contribution is 2.15. The van der Waals surface area contributed by atoms with Crippen LogP contribution in [0.4, 0.5) is 4.79 Å². The summed E-state index contributed by atoms with van der Waals surface area (Å²) in [6, 6.07) is 0. The molecular formula is C17H27N5O5. The number of ether oxygens (including phenoxy) is 1. The van der Waals surface area contributed by atoms with Crippen molar-refractivity contribution in [2.45, 2.75) is 26.4 Å². The van der Waals surface area contributed by atoms with Crippen LogP contribution in [0, 0.1) is 0 Å². The number of aromatic nitrogens is 2. The van der Waals surface area contributed by atoms with Crippen LogP contribution >= 0.6 is 0 Å². The molecule has 0 saturated carbocycles. The lowest BCUT2D eigenvalue weighted by Gasteiger charge is -2.35. The average molecular weight is 381 g/mol. The van der Waals surface area contributed by atoms with Gasteiger partial charge in [-0.3, -0.25) is 9.59 Å². The average Bonchev–Trinajstić information content (AvgIpc) is 3.09. The number of aliphatic hydroxyl groups excluding tert-OH is 1. The number of aliphatic hydroxyl groups is 1. The highest BCUT2D eigenvalue weighted by Gasteiger charge is 2.31. The molecule has 0 radical (unpaired) electrons. The SMILES string of the molecule is CN(CCO)C(=O)c1nc[nH]c1C(=O)N1CCN(C(=O)OC(C)(C)C)CC1. The quantitative estimate of drug-likeness (QED) is 0.767. The Morgan fingerprint density at radius 2 is 1.81 bits per heavy atom. The number of H-pyrrole nitrogens is 1. The van der Waals surface area contributed by atoms with Crippen LogP contribution in [0.2, 0.25) is 0 Å². The largest absolute Gasteiger partial charge is 0.444 e. The van der Waals surface area contributed by atoms with E-state index < -0.39 is 17.6 Å². The fraction of sp³-hybridized carbons (Fsp3) is 0.647. The van der Waals surface area contributed by atoms with Gasteiger partial charge in [-0.05, 0) is 20.8 Å². The third-order valence-corrected chi connectivity index (χ3v) is 4.06. The third kappa shape index (κ3) is 5.19. The Balaban J connectivity index is 2.00. The summed E-state index contributed by atoms with van der Waals surface area (Å²) in [5.41, 5.74) is -0.448. The first-order chi connectivity index (χ1) is 12.6. The molecule has 1 aromatic heterocycles. The number of carbonyl (C=O) groups is 3. The van der Waals surface area contributed by atoms with Gasteiger partial charge in [0.05, 0.1) is 12.9 Å². The van der Waals surface area contributed by atoms with Gasteiger partial charge in [-0.2, -0.15) is 0 Å². The van der Waals surface area contributed by atoms with E-state index in [1.807, 2.05) is 0 Å². The van der Waals surface area contributed by atoms with Gasteiger partial charge < -0.3 is 29.5 Å². The monoisotopic (exact) mass is 381 g/mol. The van der Waals surface area contributed by atoms with E-state index in [1.54, 1.807) is 30.6 Å². The van der Waals surface area contributed by atoms with Crippen molar-refractivity contribution in [1.29, 1.82) is 0 Å². The molecule has 3 amide bonds. The lowest BCUT2D eigenvalue weighted by Crippen LogP contribution is -2.52. The minimum atomic E-state index is -0.574. The number of nitrogens with one attached hydrogen (secondary N) is 1. The van der Waals surface area contributed by atoms with E-state index >= 15 is 0 Å². The number of hydrogen-bond donors (Lipinski definition) is 2. The Kier molecular flexibility index (Phi) is 6.42. The minimum absolute atomic E-state index is 0.0190. The fourth-order valence-corrected chi connectivity index (χ4v) is 2.63. The number of hydrogen-bond acceptors (Lipinski definition) is 6. The van der Waals surface area contributed by atoms with Crippen LogP contribution in [0.3, 0.4) is 0 Å². The second-order valence-corrected chi connectivity index (χ2v) is 7.34. The third-order valence-electron chi connectivity index (χ3n) is 4.06. The molecule has 0 aromatic carbocycles. The van der Waals surface area contributed by atoms with Gasteiger partial charge in [0.25, 0.3) is 11.8 Å². The first-order valence-electron chi connectivity index (χ1n) is 8.81. The van der Waals surface area contributed by atoms with Crippen molar-refractivity contribution in [2.75, 3.05) is 46.4 Å². The first kappa shape index (κ1) is 20.7. The van der Waals surface area contributed by atoms with E-state index in [1.165, 1.54) is 18.3 Å². The lowest BCUT2D eigenvalue weighted by atomic mass is 10.2. The molecule has 1 aromatic rings. The highest BCUT2D eigenvalue weighted by molar-refractivity contribution is 6.04. The maximum absolute atomic E-state index is 12.8. The van der Waals surface area contributed by atoms with Gasteiger partial charge in [-0.1, -0.05) is 0 Å². The molecule has 2 N–H and O–H groups in total. The van der Waals surface area contributed by atoms with E-state index in [2.05, 4.69) is 9.97 Å². The van der Waals surface area contributed by atoms with Crippen LogP contribution in [0.1, 0.15) is 41.7 Å². The Hall–Kier alpha value is -2.62. The molecule has 2 heterocycles. The van der Waals surface area contributed by atoms with E-state index in [0.29, 0.717) is 26.2 Å². The summed E-state index contributed by atoms with van der Waals surface area (Å²) in [4.78, 5) is 48.4. The number of likely N-dealkylation sites (N-methyl/N-ethyl adjacent to an activating group) is 1. The van der Waals surface area contributed by atoms with E-state index in [0.717, 1.165) is 0 Å². The normalized spacial score (nSPS) is 14.9. The second-order valence-electron chi connectivity index (χ2n) is 7.34. The van der Waals surface area contributed by atoms with E-state index in [-0.39, 0.29) is 30.4 Å². The number of imidazole rings is 1. The second kappa shape index (κ2) is 8.38. The van der Waals surface area contributed by atoms with Crippen LogP contribution in [-0.2, 0) is 4.74 Å². The molecule has 1 aliphatic rings. The lowest BCUT2D eigenvalue weighted by molar-refractivity contribution is 0.0140. The molecular weight excluding hydrogens is 354 g/mol. The predicted molar refractivity (Wildman–Crippen MR) is 96.3 cm³/mol. The molecule has 150 valence electrons. The molecule has 1 saturated heterocycles. The Morgan fingerprint density at radius 3 is 2.37 bits per heavy atom. The summed E-state index contributed by atoms with van der Waals surface area (Å²) in [7, 11) is 1.53. The smallest absolute Gasteiger partial charge is 0.410 e. The van der Waals surface area contributed by atoms with Crippen LogP contribution < -0.4 is 0 Å². The van der Waals surface area contributed by atoms with Crippen LogP contribution in [0.5, 0.6) is 0 Å². The molecule has 1 aliphatic heterocycles. The molecule has 0 atom stereocenters. The first-order valence-corrected chi connectivity index (χ1v) is 8.81. The summed E-state index contributed by atoms with van der Waals surface area (Å²) in [6.07, 6.45) is 0.891. The van der Waals surface area contributed by atoms with Crippen molar-refractivity contribution in [1.82, 2.24) is 24.7 Å². The molecule has 2 rings (SSSR count). The molecule has 0 spiro atoms. The Bertz CT molecular complexity index is 688. The number of aromatic amines is 1. The molecule has 1 fully saturated rings. The Labute approximate surface area is 158 Å². The zero-order valence-electron chi connectivity index (χ0n) is 16.2. The zero-order chi connectivity index (χ0) is 20.2. The van der Waals surface area contributed by atoms with Crippen molar-refractivity contribution in [2.24, 2.45) is 0 Å². The summed E-state index contributed by atoms with van der Waals surface area (Å²) >= 11 is 0. The van der Waals surface area contributed by atoms with E-state index in [9.17, 15) is 14.4 Å². The van der Waals surface area contributed by atoms with Gasteiger partial charge in [0.1, 0.15) is 11.3 Å². The number of piperazine rings is 1. The summed E-state index contributed by atoms with van der Waals surface area (Å²) in [6.45, 7) is 6.73. The topological polar surface area (TPSA) is 119 Å². The summed E-state index contributed by atoms with van der Waals surface area (Å²) in [5, 5.41) is 8.97. The van der Waals surface area contributed by atoms with Gasteiger partial charge in [-0.15, -0.1) is 0 Å². The molecule has 27 heavy (non-hydrogen) atoms. The van der Waals surface area contributed by atoms with Crippen LogP contribution in [0.15, 0.2) is 6.33 Å². The highest BCUT2D eigenvalue weighted by atomic mass is 16.6. The molecule has 0 bridgehead atoms. The van der Waals surface area contributed by atoms with Crippen molar-refractivity contribution >= 4 is 17.9 Å². The molecule has 10 heteroatoms. The van der Waals surface area contributed by atoms with Crippen LogP contribution in [0.25, 0.3) is 0 Å². The molecule has 10 nitrogen and oxygen atoms in total. The van der Waals surface area contributed by atoms with Crippen molar-refractivity contribution in [3.63, 3.8) is 0 Å². The van der Waals surface area contributed by atoms with Crippen molar-refractivity contribution in [3.8, 4) is 0 Å². The van der Waals surface area contributed by atoms with Crippen molar-refractivity contribution in [3.05, 3.63) is 17.7 Å². The summed E-state index contributed by atoms with van der Waals surface area (Å²) in [5.74, 6) is -0.793. The Morgan fingerprint density at radius 1 is 1.22 bits per heavy atom. The fourth-order valence-electron chi connectivity index (χ4n) is 2.63. The van der Waals surface area contributed by atoms with Gasteiger partial charge >= 0.3 is 6.09 Å². The number of rotatable bonds is 4. The number of nitrogens with zero attached hydrogens (tertiary/aromatic N) is 4. The van der Waals surface area contributed by atoms with Crippen molar-refractivity contribution < 1.29 is 24.2 Å². The minimum Gasteiger partial charge on any atom is -0.444 e. The molecule has 0 unspecified atom stereocenters. The predicted octanol–water partition coefficient (Wildman–Crippen LogP) is 0.167. The van der Waals surface area contributed by atoms with E-state index in [4.69, 9.17) is 9.84 Å². The standard InChI is InChI=1S/C17H27N5O5/c1-17(2,3)27-16(26)22-7-5-21(6-8-22)15(25)13-12(18-11-19-13)14(24)20(4)9-10-23/h11,23H,5-10H2,1-4H3,(H,18,19). The number of amides is 3. The van der Waals surface area contributed by atoms with Gasteiger partial charge in [0.15, 0.2) is 5.69 Å². The van der Waals surface area contributed by atoms with Gasteiger partial charge in [-0.25, -0.2) is 9.78 Å². The maximum Gasteiger partial charge on any atom is 0.410 e.